The summed E-state index contributed by atoms with van der Waals surface area (Å²) in [5.74, 6) is 0.135. The number of likely N-dealkylation sites (tertiary alicyclic amines) is 1. The summed E-state index contributed by atoms with van der Waals surface area (Å²) in [4.78, 5) is 28.4. The van der Waals surface area contributed by atoms with Gasteiger partial charge in [0, 0.05) is 26.6 Å². The van der Waals surface area contributed by atoms with E-state index in [2.05, 4.69) is 0 Å². The van der Waals surface area contributed by atoms with Crippen LogP contribution in [0.4, 0.5) is 0 Å². The second-order valence-electron chi connectivity index (χ2n) is 5.52. The summed E-state index contributed by atoms with van der Waals surface area (Å²) in [6.45, 7) is 5.42. The zero-order chi connectivity index (χ0) is 15.4. The third kappa shape index (κ3) is 3.09. The Morgan fingerprint density at radius 2 is 1.86 bits per heavy atom. The molecule has 0 saturated carbocycles. The van der Waals surface area contributed by atoms with Gasteiger partial charge >= 0.3 is 0 Å². The second-order valence-corrected chi connectivity index (χ2v) is 5.52. The molecule has 1 aliphatic rings. The van der Waals surface area contributed by atoms with Gasteiger partial charge in [-0.2, -0.15) is 0 Å². The highest BCUT2D eigenvalue weighted by Gasteiger charge is 2.39. The van der Waals surface area contributed by atoms with E-state index in [1.54, 1.807) is 4.90 Å². The predicted octanol–water partition coefficient (Wildman–Crippen LogP) is 2.46. The molecule has 4 nitrogen and oxygen atoms in total. The van der Waals surface area contributed by atoms with Gasteiger partial charge in [0.1, 0.15) is 0 Å². The molecule has 0 aromatic heterocycles. The molecule has 1 aromatic carbocycles. The Morgan fingerprint density at radius 3 is 2.43 bits per heavy atom. The fourth-order valence-electron chi connectivity index (χ4n) is 3.17. The molecule has 0 aliphatic carbocycles. The number of carbonyl (C=O) groups is 2. The first-order chi connectivity index (χ1) is 10.1. The number of nitrogens with zero attached hydrogens (tertiary/aromatic N) is 2. The molecule has 0 N–H and O–H groups in total. The Labute approximate surface area is 126 Å². The van der Waals surface area contributed by atoms with E-state index in [0.717, 1.165) is 5.56 Å². The van der Waals surface area contributed by atoms with Gasteiger partial charge in [0.15, 0.2) is 0 Å². The van der Waals surface area contributed by atoms with Crippen LogP contribution in [0.5, 0.6) is 0 Å². The van der Waals surface area contributed by atoms with Crippen molar-refractivity contribution in [2.45, 2.75) is 32.7 Å². The Kier molecular flexibility index (Phi) is 4.99. The van der Waals surface area contributed by atoms with E-state index in [-0.39, 0.29) is 23.8 Å². The Balaban J connectivity index is 2.33. The zero-order valence-corrected chi connectivity index (χ0v) is 13.1. The number of hydrogen-bond acceptors (Lipinski definition) is 2. The zero-order valence-electron chi connectivity index (χ0n) is 13.1. The van der Waals surface area contributed by atoms with Crippen LogP contribution in [0.1, 0.15) is 38.3 Å². The standard InChI is InChI=1S/C17H24N2O2/c1-4-19(5-2)17(21)14-11-12-15(20)18(3)16(14)13-9-7-6-8-10-13/h6-10,14,16H,4-5,11-12H2,1-3H3/t14-,16-/m0/s1. The molecule has 1 aliphatic heterocycles. The van der Waals surface area contributed by atoms with Crippen LogP contribution < -0.4 is 0 Å². The van der Waals surface area contributed by atoms with Crippen LogP contribution in [-0.4, -0.2) is 41.8 Å². The van der Waals surface area contributed by atoms with Crippen LogP contribution in [0.15, 0.2) is 30.3 Å². The van der Waals surface area contributed by atoms with E-state index in [1.807, 2.05) is 56.1 Å². The van der Waals surface area contributed by atoms with E-state index in [9.17, 15) is 9.59 Å². The predicted molar refractivity (Wildman–Crippen MR) is 82.6 cm³/mol. The van der Waals surface area contributed by atoms with Crippen LogP contribution >= 0.6 is 0 Å². The van der Waals surface area contributed by atoms with Crippen molar-refractivity contribution in [2.75, 3.05) is 20.1 Å². The second kappa shape index (κ2) is 6.74. The minimum absolute atomic E-state index is 0.118. The molecule has 1 fully saturated rings. The summed E-state index contributed by atoms with van der Waals surface area (Å²) in [6.07, 6.45) is 1.09. The van der Waals surface area contributed by atoms with Crippen molar-refractivity contribution in [3.8, 4) is 0 Å². The van der Waals surface area contributed by atoms with E-state index >= 15 is 0 Å². The first kappa shape index (κ1) is 15.5. The van der Waals surface area contributed by atoms with Crippen LogP contribution in [0.25, 0.3) is 0 Å². The normalized spacial score (nSPS) is 22.2. The number of amides is 2. The van der Waals surface area contributed by atoms with E-state index < -0.39 is 0 Å². The average Bonchev–Trinajstić information content (AvgIpc) is 2.51. The molecule has 1 heterocycles. The molecule has 0 radical (unpaired) electrons. The quantitative estimate of drug-likeness (QED) is 0.854. The molecular formula is C17H24N2O2. The molecule has 21 heavy (non-hydrogen) atoms. The summed E-state index contributed by atoms with van der Waals surface area (Å²) in [5.41, 5.74) is 1.04. The van der Waals surface area contributed by atoms with Crippen molar-refractivity contribution >= 4 is 11.8 Å². The van der Waals surface area contributed by atoms with Gasteiger partial charge in [-0.3, -0.25) is 9.59 Å². The van der Waals surface area contributed by atoms with Gasteiger partial charge in [-0.25, -0.2) is 0 Å². The van der Waals surface area contributed by atoms with Crippen molar-refractivity contribution in [3.63, 3.8) is 0 Å². The lowest BCUT2D eigenvalue weighted by atomic mass is 9.83. The number of rotatable bonds is 4. The van der Waals surface area contributed by atoms with Gasteiger partial charge in [0.2, 0.25) is 11.8 Å². The minimum atomic E-state index is -0.152. The summed E-state index contributed by atoms with van der Waals surface area (Å²) in [5, 5.41) is 0. The topological polar surface area (TPSA) is 40.6 Å². The number of carbonyl (C=O) groups excluding carboxylic acids is 2. The van der Waals surface area contributed by atoms with Crippen molar-refractivity contribution in [1.82, 2.24) is 9.80 Å². The minimum Gasteiger partial charge on any atom is -0.343 e. The first-order valence-corrected chi connectivity index (χ1v) is 7.69. The third-order valence-corrected chi connectivity index (χ3v) is 4.39. The van der Waals surface area contributed by atoms with Gasteiger partial charge in [-0.1, -0.05) is 30.3 Å². The molecule has 2 atom stereocenters. The van der Waals surface area contributed by atoms with Gasteiger partial charge in [0.25, 0.3) is 0 Å². The van der Waals surface area contributed by atoms with E-state index in [4.69, 9.17) is 0 Å². The van der Waals surface area contributed by atoms with Gasteiger partial charge in [-0.05, 0) is 25.8 Å². The monoisotopic (exact) mass is 288 g/mol. The summed E-state index contributed by atoms with van der Waals surface area (Å²) in [6, 6.07) is 9.73. The largest absolute Gasteiger partial charge is 0.343 e. The van der Waals surface area contributed by atoms with Gasteiger partial charge in [-0.15, -0.1) is 0 Å². The average molecular weight is 288 g/mol. The van der Waals surface area contributed by atoms with Crippen LogP contribution in [0, 0.1) is 5.92 Å². The smallest absolute Gasteiger partial charge is 0.228 e. The molecule has 1 saturated heterocycles. The highest BCUT2D eigenvalue weighted by atomic mass is 16.2. The molecule has 0 spiro atoms. The molecule has 2 amide bonds. The Hall–Kier alpha value is -1.84. The van der Waals surface area contributed by atoms with Crippen LogP contribution in [-0.2, 0) is 9.59 Å². The van der Waals surface area contributed by atoms with Crippen LogP contribution in [0.3, 0.4) is 0 Å². The summed E-state index contributed by atoms with van der Waals surface area (Å²) in [7, 11) is 1.81. The molecule has 114 valence electrons. The van der Waals surface area contributed by atoms with Crippen molar-refractivity contribution in [2.24, 2.45) is 5.92 Å². The van der Waals surface area contributed by atoms with Crippen molar-refractivity contribution < 1.29 is 9.59 Å². The Morgan fingerprint density at radius 1 is 1.24 bits per heavy atom. The molecule has 0 unspecified atom stereocenters. The third-order valence-electron chi connectivity index (χ3n) is 4.39. The highest BCUT2D eigenvalue weighted by Crippen LogP contribution is 2.36. The summed E-state index contributed by atoms with van der Waals surface area (Å²) >= 11 is 0. The molecule has 1 aromatic rings. The first-order valence-electron chi connectivity index (χ1n) is 7.69. The van der Waals surface area contributed by atoms with Crippen molar-refractivity contribution in [1.29, 1.82) is 0 Å². The SMILES string of the molecule is CCN(CC)C(=O)[C@H]1CCC(=O)N(C)[C@H]1c1ccccc1. The molecular weight excluding hydrogens is 264 g/mol. The van der Waals surface area contributed by atoms with E-state index in [0.29, 0.717) is 25.9 Å². The fraction of sp³-hybridized carbons (Fsp3) is 0.529. The Bertz CT molecular complexity index is 497. The van der Waals surface area contributed by atoms with Crippen molar-refractivity contribution in [3.05, 3.63) is 35.9 Å². The maximum Gasteiger partial charge on any atom is 0.228 e. The fourth-order valence-corrected chi connectivity index (χ4v) is 3.17. The lowest BCUT2D eigenvalue weighted by Crippen LogP contribution is -2.47. The maximum atomic E-state index is 12.8. The number of hydrogen-bond donors (Lipinski definition) is 0. The molecule has 0 bridgehead atoms. The van der Waals surface area contributed by atoms with Gasteiger partial charge < -0.3 is 9.80 Å². The highest BCUT2D eigenvalue weighted by molar-refractivity contribution is 5.85. The lowest BCUT2D eigenvalue weighted by Gasteiger charge is -2.40. The van der Waals surface area contributed by atoms with E-state index in [1.165, 1.54) is 0 Å². The molecule has 2 rings (SSSR count). The van der Waals surface area contributed by atoms with Crippen LogP contribution in [0.2, 0.25) is 0 Å². The maximum absolute atomic E-state index is 12.8. The molecule has 4 heteroatoms. The number of benzene rings is 1. The lowest BCUT2D eigenvalue weighted by molar-refractivity contribution is -0.146. The summed E-state index contributed by atoms with van der Waals surface area (Å²) < 4.78 is 0. The number of piperidine rings is 1. The van der Waals surface area contributed by atoms with Gasteiger partial charge in [0.05, 0.1) is 12.0 Å².